The normalized spacial score (nSPS) is 16.6. The SMILES string of the molecule is CCNc1ncnc(OCC2CCOCC2)c1Br. The van der Waals surface area contributed by atoms with E-state index in [1.54, 1.807) is 0 Å². The van der Waals surface area contributed by atoms with Gasteiger partial charge in [0.2, 0.25) is 5.88 Å². The van der Waals surface area contributed by atoms with Crippen LogP contribution in [-0.2, 0) is 4.74 Å². The van der Waals surface area contributed by atoms with Gasteiger partial charge < -0.3 is 14.8 Å². The van der Waals surface area contributed by atoms with E-state index in [4.69, 9.17) is 9.47 Å². The fraction of sp³-hybridized carbons (Fsp3) is 0.667. The maximum atomic E-state index is 5.77. The highest BCUT2D eigenvalue weighted by molar-refractivity contribution is 9.10. The second kappa shape index (κ2) is 6.89. The van der Waals surface area contributed by atoms with Crippen molar-refractivity contribution in [2.24, 2.45) is 5.92 Å². The molecule has 1 aromatic heterocycles. The predicted molar refractivity (Wildman–Crippen MR) is 72.9 cm³/mol. The van der Waals surface area contributed by atoms with E-state index in [-0.39, 0.29) is 0 Å². The minimum absolute atomic E-state index is 0.559. The van der Waals surface area contributed by atoms with Crippen LogP contribution in [0.5, 0.6) is 5.88 Å². The zero-order chi connectivity index (χ0) is 12.8. The van der Waals surface area contributed by atoms with Crippen LogP contribution in [0.4, 0.5) is 5.82 Å². The molecule has 0 saturated carbocycles. The smallest absolute Gasteiger partial charge is 0.233 e. The summed E-state index contributed by atoms with van der Waals surface area (Å²) in [4.78, 5) is 8.31. The van der Waals surface area contributed by atoms with Gasteiger partial charge in [-0.2, -0.15) is 0 Å². The lowest BCUT2D eigenvalue weighted by atomic mass is 10.0. The van der Waals surface area contributed by atoms with Crippen LogP contribution in [0.25, 0.3) is 0 Å². The largest absolute Gasteiger partial charge is 0.476 e. The summed E-state index contributed by atoms with van der Waals surface area (Å²) in [5, 5.41) is 3.16. The molecule has 1 aromatic rings. The Kier molecular flexibility index (Phi) is 5.19. The van der Waals surface area contributed by atoms with Gasteiger partial charge in [-0.05, 0) is 41.6 Å². The monoisotopic (exact) mass is 315 g/mol. The van der Waals surface area contributed by atoms with Crippen LogP contribution in [0.2, 0.25) is 0 Å². The zero-order valence-electron chi connectivity index (χ0n) is 10.5. The molecule has 0 amide bonds. The Morgan fingerprint density at radius 2 is 2.22 bits per heavy atom. The van der Waals surface area contributed by atoms with Crippen molar-refractivity contribution >= 4 is 21.7 Å². The molecule has 1 fully saturated rings. The maximum Gasteiger partial charge on any atom is 0.233 e. The van der Waals surface area contributed by atoms with Crippen LogP contribution >= 0.6 is 15.9 Å². The summed E-state index contributed by atoms with van der Waals surface area (Å²) in [6.07, 6.45) is 3.63. The third kappa shape index (κ3) is 3.55. The van der Waals surface area contributed by atoms with Crippen LogP contribution in [0.15, 0.2) is 10.8 Å². The van der Waals surface area contributed by atoms with Crippen LogP contribution in [0.1, 0.15) is 19.8 Å². The predicted octanol–water partition coefficient (Wildman–Crippen LogP) is 2.48. The molecule has 1 N–H and O–H groups in total. The van der Waals surface area contributed by atoms with Crippen LogP contribution in [0, 0.1) is 5.92 Å². The van der Waals surface area contributed by atoms with Crippen LogP contribution < -0.4 is 10.1 Å². The quantitative estimate of drug-likeness (QED) is 0.904. The Hall–Kier alpha value is -0.880. The first kappa shape index (κ1) is 13.5. The topological polar surface area (TPSA) is 56.3 Å². The van der Waals surface area contributed by atoms with Crippen molar-refractivity contribution in [3.8, 4) is 5.88 Å². The van der Waals surface area contributed by atoms with E-state index in [9.17, 15) is 0 Å². The minimum atomic E-state index is 0.559. The highest BCUT2D eigenvalue weighted by Crippen LogP contribution is 2.29. The lowest BCUT2D eigenvalue weighted by Gasteiger charge is -2.22. The summed E-state index contributed by atoms with van der Waals surface area (Å²) in [5.41, 5.74) is 0. The molecule has 6 heteroatoms. The molecule has 0 bridgehead atoms. The molecule has 2 heterocycles. The molecule has 0 aromatic carbocycles. The van der Waals surface area contributed by atoms with E-state index >= 15 is 0 Å². The van der Waals surface area contributed by atoms with Gasteiger partial charge in [0.25, 0.3) is 0 Å². The highest BCUT2D eigenvalue weighted by Gasteiger charge is 2.16. The van der Waals surface area contributed by atoms with Gasteiger partial charge in [-0.1, -0.05) is 0 Å². The number of aromatic nitrogens is 2. The van der Waals surface area contributed by atoms with Gasteiger partial charge >= 0.3 is 0 Å². The van der Waals surface area contributed by atoms with Crippen LogP contribution in [-0.4, -0.2) is 36.3 Å². The molecule has 100 valence electrons. The van der Waals surface area contributed by atoms with Gasteiger partial charge in [0, 0.05) is 19.8 Å². The van der Waals surface area contributed by atoms with Crippen LogP contribution in [0.3, 0.4) is 0 Å². The second-order valence-electron chi connectivity index (χ2n) is 4.24. The summed E-state index contributed by atoms with van der Waals surface area (Å²) in [6, 6.07) is 0. The number of nitrogens with zero attached hydrogens (tertiary/aromatic N) is 2. The van der Waals surface area contributed by atoms with E-state index in [2.05, 4.69) is 31.2 Å². The molecule has 1 saturated heterocycles. The Labute approximate surface area is 115 Å². The molecule has 0 spiro atoms. The summed E-state index contributed by atoms with van der Waals surface area (Å²) >= 11 is 3.47. The maximum absolute atomic E-state index is 5.77. The first-order valence-corrected chi connectivity index (χ1v) is 7.05. The van der Waals surface area contributed by atoms with Gasteiger partial charge in [0.1, 0.15) is 16.6 Å². The van der Waals surface area contributed by atoms with Crippen molar-refractivity contribution in [1.82, 2.24) is 9.97 Å². The van der Waals surface area contributed by atoms with E-state index in [1.807, 2.05) is 6.92 Å². The molecule has 0 atom stereocenters. The van der Waals surface area contributed by atoms with Gasteiger partial charge in [0.05, 0.1) is 6.61 Å². The molecule has 0 aliphatic carbocycles. The summed E-state index contributed by atoms with van der Waals surface area (Å²) < 4.78 is 11.9. The Bertz CT molecular complexity index is 384. The van der Waals surface area contributed by atoms with E-state index in [1.165, 1.54) is 6.33 Å². The number of rotatable bonds is 5. The van der Waals surface area contributed by atoms with Crippen molar-refractivity contribution in [2.75, 3.05) is 31.7 Å². The highest BCUT2D eigenvalue weighted by atomic mass is 79.9. The van der Waals surface area contributed by atoms with Crippen molar-refractivity contribution in [3.05, 3.63) is 10.8 Å². The molecule has 18 heavy (non-hydrogen) atoms. The molecule has 2 rings (SSSR count). The average Bonchev–Trinajstić information content (AvgIpc) is 2.41. The molecule has 0 radical (unpaired) electrons. The van der Waals surface area contributed by atoms with Gasteiger partial charge in [-0.25, -0.2) is 9.97 Å². The van der Waals surface area contributed by atoms with Crippen molar-refractivity contribution in [3.63, 3.8) is 0 Å². The van der Waals surface area contributed by atoms with E-state index in [0.717, 1.165) is 42.9 Å². The third-order valence-electron chi connectivity index (χ3n) is 2.90. The van der Waals surface area contributed by atoms with Crippen molar-refractivity contribution in [2.45, 2.75) is 19.8 Å². The standard InChI is InChI=1S/C12H18BrN3O2/c1-2-14-11-10(13)12(16-8-15-11)18-7-9-3-5-17-6-4-9/h8-9H,2-7H2,1H3,(H,14,15,16). The summed E-state index contributed by atoms with van der Waals surface area (Å²) in [5.74, 6) is 1.94. The van der Waals surface area contributed by atoms with Gasteiger partial charge in [-0.15, -0.1) is 0 Å². The number of hydrogen-bond donors (Lipinski definition) is 1. The zero-order valence-corrected chi connectivity index (χ0v) is 12.1. The minimum Gasteiger partial charge on any atom is -0.476 e. The second-order valence-corrected chi connectivity index (χ2v) is 5.03. The molecule has 0 unspecified atom stereocenters. The van der Waals surface area contributed by atoms with Crippen molar-refractivity contribution in [1.29, 1.82) is 0 Å². The Morgan fingerprint density at radius 1 is 1.44 bits per heavy atom. The van der Waals surface area contributed by atoms with Gasteiger partial charge in [0.15, 0.2) is 0 Å². The molecule has 1 aliphatic rings. The Morgan fingerprint density at radius 3 is 2.94 bits per heavy atom. The number of hydrogen-bond acceptors (Lipinski definition) is 5. The van der Waals surface area contributed by atoms with Crippen molar-refractivity contribution < 1.29 is 9.47 Å². The summed E-state index contributed by atoms with van der Waals surface area (Å²) in [7, 11) is 0. The number of halogens is 1. The Balaban J connectivity index is 1.93. The van der Waals surface area contributed by atoms with E-state index < -0.39 is 0 Å². The first-order valence-electron chi connectivity index (χ1n) is 6.26. The van der Waals surface area contributed by atoms with E-state index in [0.29, 0.717) is 18.4 Å². The molecule has 1 aliphatic heterocycles. The summed E-state index contributed by atoms with van der Waals surface area (Å²) in [6.45, 7) is 5.19. The molecule has 5 nitrogen and oxygen atoms in total. The number of anilines is 1. The molecular formula is C12H18BrN3O2. The molecular weight excluding hydrogens is 298 g/mol. The fourth-order valence-electron chi connectivity index (χ4n) is 1.85. The lowest BCUT2D eigenvalue weighted by molar-refractivity contribution is 0.0489. The lowest BCUT2D eigenvalue weighted by Crippen LogP contribution is -2.21. The van der Waals surface area contributed by atoms with Gasteiger partial charge in [-0.3, -0.25) is 0 Å². The average molecular weight is 316 g/mol. The number of ether oxygens (including phenoxy) is 2. The first-order chi connectivity index (χ1) is 8.81. The third-order valence-corrected chi connectivity index (χ3v) is 3.61. The fourth-order valence-corrected chi connectivity index (χ4v) is 2.31. The number of nitrogens with one attached hydrogen (secondary N) is 1.